The van der Waals surface area contributed by atoms with Gasteiger partial charge in [-0.25, -0.2) is 0 Å². The number of hydrogen-bond donors (Lipinski definition) is 0. The SMILES string of the molecule is CCCOC(=O)CCOc1cc(C)ccc1C. The van der Waals surface area contributed by atoms with Gasteiger partial charge in [0.25, 0.3) is 0 Å². The second-order valence-electron chi connectivity index (χ2n) is 4.09. The Kier molecular flexibility index (Phi) is 5.53. The number of carbonyl (C=O) groups excluding carboxylic acids is 1. The van der Waals surface area contributed by atoms with Gasteiger partial charge in [-0.15, -0.1) is 0 Å². The lowest BCUT2D eigenvalue weighted by molar-refractivity contribution is -0.144. The minimum atomic E-state index is -0.197. The molecule has 0 amide bonds. The molecule has 0 saturated carbocycles. The first-order valence-electron chi connectivity index (χ1n) is 5.99. The molecule has 0 fully saturated rings. The molecule has 0 aliphatic rings. The summed E-state index contributed by atoms with van der Waals surface area (Å²) in [5, 5.41) is 0. The van der Waals surface area contributed by atoms with E-state index in [1.165, 1.54) is 0 Å². The molecule has 94 valence electrons. The fourth-order valence-electron chi connectivity index (χ4n) is 1.40. The van der Waals surface area contributed by atoms with Crippen LogP contribution in [0.25, 0.3) is 0 Å². The smallest absolute Gasteiger partial charge is 0.309 e. The molecule has 1 aromatic carbocycles. The molecule has 0 unspecified atom stereocenters. The topological polar surface area (TPSA) is 35.5 Å². The Balaban J connectivity index is 2.35. The van der Waals surface area contributed by atoms with Crippen LogP contribution in [0, 0.1) is 13.8 Å². The monoisotopic (exact) mass is 236 g/mol. The Hall–Kier alpha value is -1.51. The maximum atomic E-state index is 11.2. The minimum absolute atomic E-state index is 0.197. The molecule has 1 rings (SSSR count). The molecule has 0 saturated heterocycles. The molecular formula is C14H20O3. The molecular weight excluding hydrogens is 216 g/mol. The normalized spacial score (nSPS) is 10.1. The summed E-state index contributed by atoms with van der Waals surface area (Å²) in [5.41, 5.74) is 2.23. The van der Waals surface area contributed by atoms with Crippen molar-refractivity contribution in [3.63, 3.8) is 0 Å². The molecule has 3 nitrogen and oxygen atoms in total. The lowest BCUT2D eigenvalue weighted by Crippen LogP contribution is -2.10. The zero-order valence-corrected chi connectivity index (χ0v) is 10.8. The zero-order valence-electron chi connectivity index (χ0n) is 10.8. The van der Waals surface area contributed by atoms with Crippen molar-refractivity contribution in [1.82, 2.24) is 0 Å². The Morgan fingerprint density at radius 2 is 2.00 bits per heavy atom. The van der Waals surface area contributed by atoms with Crippen LogP contribution in [0.2, 0.25) is 0 Å². The second-order valence-corrected chi connectivity index (χ2v) is 4.09. The van der Waals surface area contributed by atoms with E-state index in [0.29, 0.717) is 19.6 Å². The average molecular weight is 236 g/mol. The quantitative estimate of drug-likeness (QED) is 0.712. The minimum Gasteiger partial charge on any atom is -0.493 e. The fourth-order valence-corrected chi connectivity index (χ4v) is 1.40. The van der Waals surface area contributed by atoms with Gasteiger partial charge in [-0.05, 0) is 37.5 Å². The van der Waals surface area contributed by atoms with Crippen LogP contribution in [0.4, 0.5) is 0 Å². The Bertz CT molecular complexity index is 372. The van der Waals surface area contributed by atoms with E-state index >= 15 is 0 Å². The Morgan fingerprint density at radius 3 is 2.71 bits per heavy atom. The third-order valence-corrected chi connectivity index (χ3v) is 2.37. The van der Waals surface area contributed by atoms with E-state index in [1.54, 1.807) is 0 Å². The van der Waals surface area contributed by atoms with Gasteiger partial charge in [0.15, 0.2) is 0 Å². The average Bonchev–Trinajstić information content (AvgIpc) is 2.31. The second kappa shape index (κ2) is 6.94. The molecule has 17 heavy (non-hydrogen) atoms. The summed E-state index contributed by atoms with van der Waals surface area (Å²) in [4.78, 5) is 11.2. The summed E-state index contributed by atoms with van der Waals surface area (Å²) in [6.45, 7) is 6.83. The molecule has 0 aromatic heterocycles. The molecule has 0 atom stereocenters. The third-order valence-electron chi connectivity index (χ3n) is 2.37. The first-order chi connectivity index (χ1) is 8.13. The molecule has 0 heterocycles. The molecule has 0 spiro atoms. The summed E-state index contributed by atoms with van der Waals surface area (Å²) in [6, 6.07) is 6.03. The van der Waals surface area contributed by atoms with Crippen molar-refractivity contribution >= 4 is 5.97 Å². The third kappa shape index (κ3) is 4.89. The van der Waals surface area contributed by atoms with Crippen LogP contribution >= 0.6 is 0 Å². The van der Waals surface area contributed by atoms with Crippen LogP contribution in [0.5, 0.6) is 5.75 Å². The number of aryl methyl sites for hydroxylation is 2. The molecule has 0 bridgehead atoms. The van der Waals surface area contributed by atoms with E-state index < -0.39 is 0 Å². The van der Waals surface area contributed by atoms with Crippen LogP contribution < -0.4 is 4.74 Å². The molecule has 0 N–H and O–H groups in total. The summed E-state index contributed by atoms with van der Waals surface area (Å²) >= 11 is 0. The van der Waals surface area contributed by atoms with Gasteiger partial charge in [0.05, 0.1) is 19.6 Å². The van der Waals surface area contributed by atoms with Gasteiger partial charge < -0.3 is 9.47 Å². The first kappa shape index (κ1) is 13.6. The molecule has 3 heteroatoms. The largest absolute Gasteiger partial charge is 0.493 e. The number of ether oxygens (including phenoxy) is 2. The van der Waals surface area contributed by atoms with Crippen molar-refractivity contribution in [2.45, 2.75) is 33.6 Å². The number of hydrogen-bond acceptors (Lipinski definition) is 3. The molecule has 0 aliphatic heterocycles. The first-order valence-corrected chi connectivity index (χ1v) is 5.99. The summed E-state index contributed by atoms with van der Waals surface area (Å²) < 4.78 is 10.5. The van der Waals surface area contributed by atoms with Gasteiger partial charge in [-0.2, -0.15) is 0 Å². The van der Waals surface area contributed by atoms with E-state index in [9.17, 15) is 4.79 Å². The fraction of sp³-hybridized carbons (Fsp3) is 0.500. The highest BCUT2D eigenvalue weighted by Gasteiger charge is 2.04. The van der Waals surface area contributed by atoms with Crippen LogP contribution in [0.3, 0.4) is 0 Å². The predicted octanol–water partition coefficient (Wildman–Crippen LogP) is 3.03. The van der Waals surface area contributed by atoms with Gasteiger partial charge >= 0.3 is 5.97 Å². The van der Waals surface area contributed by atoms with Crippen LogP contribution in [0.15, 0.2) is 18.2 Å². The zero-order chi connectivity index (χ0) is 12.7. The lowest BCUT2D eigenvalue weighted by Gasteiger charge is -2.09. The van der Waals surface area contributed by atoms with E-state index in [4.69, 9.17) is 9.47 Å². The molecule has 1 aromatic rings. The van der Waals surface area contributed by atoms with Crippen molar-refractivity contribution in [3.05, 3.63) is 29.3 Å². The van der Waals surface area contributed by atoms with Crippen molar-refractivity contribution in [2.75, 3.05) is 13.2 Å². The van der Waals surface area contributed by atoms with Crippen molar-refractivity contribution < 1.29 is 14.3 Å². The Labute approximate surface area is 103 Å². The summed E-state index contributed by atoms with van der Waals surface area (Å²) in [6.07, 6.45) is 1.15. The number of benzene rings is 1. The van der Waals surface area contributed by atoms with E-state index in [0.717, 1.165) is 23.3 Å². The number of carbonyl (C=O) groups is 1. The van der Waals surface area contributed by atoms with Gasteiger partial charge in [-0.1, -0.05) is 19.1 Å². The lowest BCUT2D eigenvalue weighted by atomic mass is 10.1. The maximum Gasteiger partial charge on any atom is 0.309 e. The number of esters is 1. The highest BCUT2D eigenvalue weighted by atomic mass is 16.5. The van der Waals surface area contributed by atoms with Gasteiger partial charge in [0.1, 0.15) is 5.75 Å². The van der Waals surface area contributed by atoms with E-state index in [-0.39, 0.29) is 5.97 Å². The van der Waals surface area contributed by atoms with E-state index in [2.05, 4.69) is 0 Å². The van der Waals surface area contributed by atoms with Crippen molar-refractivity contribution in [2.24, 2.45) is 0 Å². The molecule has 0 radical (unpaired) electrons. The number of rotatable bonds is 6. The van der Waals surface area contributed by atoms with Crippen LogP contribution in [-0.4, -0.2) is 19.2 Å². The maximum absolute atomic E-state index is 11.2. The van der Waals surface area contributed by atoms with Crippen LogP contribution in [0.1, 0.15) is 30.9 Å². The summed E-state index contributed by atoms with van der Waals surface area (Å²) in [7, 11) is 0. The van der Waals surface area contributed by atoms with Crippen molar-refractivity contribution in [1.29, 1.82) is 0 Å². The summed E-state index contributed by atoms with van der Waals surface area (Å²) in [5.74, 6) is 0.644. The highest BCUT2D eigenvalue weighted by molar-refractivity contribution is 5.69. The predicted molar refractivity (Wildman–Crippen MR) is 67.3 cm³/mol. The Morgan fingerprint density at radius 1 is 1.24 bits per heavy atom. The van der Waals surface area contributed by atoms with Crippen molar-refractivity contribution in [3.8, 4) is 5.75 Å². The highest BCUT2D eigenvalue weighted by Crippen LogP contribution is 2.19. The van der Waals surface area contributed by atoms with Gasteiger partial charge in [0, 0.05) is 0 Å². The van der Waals surface area contributed by atoms with Gasteiger partial charge in [0.2, 0.25) is 0 Å². The van der Waals surface area contributed by atoms with E-state index in [1.807, 2.05) is 39.0 Å². The van der Waals surface area contributed by atoms with Crippen LogP contribution in [-0.2, 0) is 9.53 Å². The standard InChI is InChI=1S/C14H20O3/c1-4-8-17-14(15)7-9-16-13-10-11(2)5-6-12(13)3/h5-6,10H,4,7-9H2,1-3H3. The van der Waals surface area contributed by atoms with Gasteiger partial charge in [-0.3, -0.25) is 4.79 Å². The molecule has 0 aliphatic carbocycles.